The van der Waals surface area contributed by atoms with Crippen molar-refractivity contribution in [2.45, 2.75) is 58.0 Å². The fourth-order valence-corrected chi connectivity index (χ4v) is 3.95. The van der Waals surface area contributed by atoms with Gasteiger partial charge in [-0.2, -0.15) is 0 Å². The number of halogens is 4. The first-order valence-corrected chi connectivity index (χ1v) is 9.53. The third-order valence-corrected chi connectivity index (χ3v) is 5.36. The fourth-order valence-electron chi connectivity index (χ4n) is 3.95. The molecule has 0 aliphatic heterocycles. The van der Waals surface area contributed by atoms with E-state index in [1.807, 2.05) is 0 Å². The third-order valence-electron chi connectivity index (χ3n) is 5.36. The summed E-state index contributed by atoms with van der Waals surface area (Å²) >= 11 is 0. The van der Waals surface area contributed by atoms with Gasteiger partial charge in [-0.3, -0.25) is 0 Å². The van der Waals surface area contributed by atoms with Gasteiger partial charge in [0.1, 0.15) is 18.2 Å². The minimum atomic E-state index is -1.51. The van der Waals surface area contributed by atoms with Crippen LogP contribution < -0.4 is 4.74 Å². The van der Waals surface area contributed by atoms with Crippen molar-refractivity contribution < 1.29 is 22.3 Å². The molecule has 1 aliphatic rings. The van der Waals surface area contributed by atoms with E-state index in [0.717, 1.165) is 49.3 Å². The Hall–Kier alpha value is -2.04. The van der Waals surface area contributed by atoms with Crippen LogP contribution in [0.5, 0.6) is 5.75 Å². The van der Waals surface area contributed by atoms with E-state index in [0.29, 0.717) is 11.7 Å². The Labute approximate surface area is 157 Å². The summed E-state index contributed by atoms with van der Waals surface area (Å²) in [5.41, 5.74) is 1.05. The summed E-state index contributed by atoms with van der Waals surface area (Å²) in [7, 11) is 0. The first-order valence-electron chi connectivity index (χ1n) is 9.53. The maximum absolute atomic E-state index is 14.0. The zero-order valence-electron chi connectivity index (χ0n) is 15.4. The molecule has 146 valence electrons. The van der Waals surface area contributed by atoms with Crippen LogP contribution in [0.4, 0.5) is 17.6 Å². The summed E-state index contributed by atoms with van der Waals surface area (Å²) in [5.74, 6) is -3.06. The second-order valence-corrected chi connectivity index (χ2v) is 7.39. The highest BCUT2D eigenvalue weighted by atomic mass is 19.2. The van der Waals surface area contributed by atoms with Gasteiger partial charge in [-0.25, -0.2) is 17.6 Å². The molecule has 0 amide bonds. The number of rotatable bonds is 6. The van der Waals surface area contributed by atoms with E-state index in [4.69, 9.17) is 4.74 Å². The van der Waals surface area contributed by atoms with Gasteiger partial charge in [-0.1, -0.05) is 19.8 Å². The van der Waals surface area contributed by atoms with Crippen LogP contribution in [0.3, 0.4) is 0 Å². The van der Waals surface area contributed by atoms with Crippen molar-refractivity contribution in [2.75, 3.05) is 0 Å². The number of hydrogen-bond donors (Lipinski definition) is 0. The molecule has 0 unspecified atom stereocenters. The lowest BCUT2D eigenvalue weighted by Crippen LogP contribution is -2.13. The molecule has 0 radical (unpaired) electrons. The largest absolute Gasteiger partial charge is 0.489 e. The average Bonchev–Trinajstić information content (AvgIpc) is 2.65. The van der Waals surface area contributed by atoms with Crippen LogP contribution in [-0.2, 0) is 6.61 Å². The zero-order chi connectivity index (χ0) is 19.4. The highest BCUT2D eigenvalue weighted by Crippen LogP contribution is 2.38. The molecule has 1 saturated carbocycles. The Morgan fingerprint density at radius 1 is 0.889 bits per heavy atom. The molecule has 0 heterocycles. The molecule has 1 aliphatic carbocycles. The van der Waals surface area contributed by atoms with E-state index in [1.165, 1.54) is 25.0 Å². The zero-order valence-corrected chi connectivity index (χ0v) is 15.4. The number of benzene rings is 2. The Morgan fingerprint density at radius 2 is 1.56 bits per heavy atom. The molecule has 2 aromatic carbocycles. The second kappa shape index (κ2) is 8.77. The molecule has 27 heavy (non-hydrogen) atoms. The first kappa shape index (κ1) is 19.7. The molecule has 0 aromatic heterocycles. The summed E-state index contributed by atoms with van der Waals surface area (Å²) in [5, 5.41) is 0. The summed E-state index contributed by atoms with van der Waals surface area (Å²) in [6.07, 6.45) is 6.80. The van der Waals surface area contributed by atoms with Crippen molar-refractivity contribution in [1.82, 2.24) is 0 Å². The molecular weight excluding hydrogens is 356 g/mol. The smallest absolute Gasteiger partial charge is 0.194 e. The maximum Gasteiger partial charge on any atom is 0.194 e. The van der Waals surface area contributed by atoms with Crippen molar-refractivity contribution in [3.8, 4) is 5.75 Å². The van der Waals surface area contributed by atoms with E-state index in [9.17, 15) is 17.6 Å². The Morgan fingerprint density at radius 3 is 2.19 bits per heavy atom. The van der Waals surface area contributed by atoms with Crippen LogP contribution in [0.2, 0.25) is 0 Å². The van der Waals surface area contributed by atoms with Gasteiger partial charge >= 0.3 is 0 Å². The molecule has 3 rings (SSSR count). The Bertz CT molecular complexity index is 759. The van der Waals surface area contributed by atoms with Crippen LogP contribution in [0, 0.1) is 29.2 Å². The highest BCUT2D eigenvalue weighted by molar-refractivity contribution is 5.32. The summed E-state index contributed by atoms with van der Waals surface area (Å²) in [4.78, 5) is 0. The van der Waals surface area contributed by atoms with Crippen LogP contribution in [0.1, 0.15) is 62.5 Å². The van der Waals surface area contributed by atoms with Gasteiger partial charge in [0.25, 0.3) is 0 Å². The van der Waals surface area contributed by atoms with Crippen molar-refractivity contribution in [3.63, 3.8) is 0 Å². The maximum atomic E-state index is 14.0. The van der Waals surface area contributed by atoms with Gasteiger partial charge in [0, 0.05) is 6.07 Å². The topological polar surface area (TPSA) is 9.23 Å². The van der Waals surface area contributed by atoms with Gasteiger partial charge in [-0.05, 0) is 72.9 Å². The molecule has 1 nitrogen and oxygen atoms in total. The van der Waals surface area contributed by atoms with Gasteiger partial charge in [-0.15, -0.1) is 0 Å². The van der Waals surface area contributed by atoms with Crippen LogP contribution >= 0.6 is 0 Å². The summed E-state index contributed by atoms with van der Waals surface area (Å²) < 4.78 is 59.2. The molecule has 0 bridgehead atoms. The molecule has 0 saturated heterocycles. The number of ether oxygens (including phenoxy) is 1. The van der Waals surface area contributed by atoms with Crippen molar-refractivity contribution in [1.29, 1.82) is 0 Å². The third kappa shape index (κ3) is 5.02. The van der Waals surface area contributed by atoms with Gasteiger partial charge < -0.3 is 4.74 Å². The first-order chi connectivity index (χ1) is 13.0. The minimum absolute atomic E-state index is 0.150. The van der Waals surface area contributed by atoms with Crippen molar-refractivity contribution >= 4 is 0 Å². The Kier molecular flexibility index (Phi) is 6.40. The van der Waals surface area contributed by atoms with E-state index in [1.54, 1.807) is 6.07 Å². The minimum Gasteiger partial charge on any atom is -0.489 e. The summed E-state index contributed by atoms with van der Waals surface area (Å²) in [6.45, 7) is 2.03. The predicted octanol–water partition coefficient (Wildman–Crippen LogP) is 6.90. The molecule has 5 heteroatoms. The van der Waals surface area contributed by atoms with E-state index < -0.39 is 23.3 Å². The highest BCUT2D eigenvalue weighted by Gasteiger charge is 2.22. The normalized spacial score (nSPS) is 19.9. The standard InChI is InChI=1S/C22H24F4O/c1-2-3-14-4-6-16(7-5-14)17-10-18(23)12-19(11-17)27-13-15-8-20(24)22(26)21(25)9-15/h8-12,14,16H,2-7,13H2,1H3. The SMILES string of the molecule is CCCC1CCC(c2cc(F)cc(OCc3cc(F)c(F)c(F)c3)c2)CC1. The summed E-state index contributed by atoms with van der Waals surface area (Å²) in [6, 6.07) is 6.35. The van der Waals surface area contributed by atoms with Gasteiger partial charge in [0.05, 0.1) is 0 Å². The number of hydrogen-bond acceptors (Lipinski definition) is 1. The molecule has 0 atom stereocenters. The Balaban J connectivity index is 1.67. The lowest BCUT2D eigenvalue weighted by molar-refractivity contribution is 0.296. The van der Waals surface area contributed by atoms with Crippen LogP contribution in [0.15, 0.2) is 30.3 Å². The van der Waals surface area contributed by atoms with Gasteiger partial charge in [0.2, 0.25) is 0 Å². The van der Waals surface area contributed by atoms with Crippen LogP contribution in [-0.4, -0.2) is 0 Å². The fraction of sp³-hybridized carbons (Fsp3) is 0.455. The van der Waals surface area contributed by atoms with Crippen molar-refractivity contribution in [3.05, 3.63) is 64.7 Å². The monoisotopic (exact) mass is 380 g/mol. The molecular formula is C22H24F4O. The van der Waals surface area contributed by atoms with Gasteiger partial charge in [0.15, 0.2) is 17.5 Å². The van der Waals surface area contributed by atoms with E-state index in [-0.39, 0.29) is 12.2 Å². The van der Waals surface area contributed by atoms with Crippen LogP contribution in [0.25, 0.3) is 0 Å². The molecule has 1 fully saturated rings. The van der Waals surface area contributed by atoms with E-state index >= 15 is 0 Å². The average molecular weight is 380 g/mol. The molecule has 0 N–H and O–H groups in total. The lowest BCUT2D eigenvalue weighted by atomic mass is 9.77. The molecule has 0 spiro atoms. The quantitative estimate of drug-likeness (QED) is 0.391. The second-order valence-electron chi connectivity index (χ2n) is 7.39. The lowest BCUT2D eigenvalue weighted by Gasteiger charge is -2.28. The van der Waals surface area contributed by atoms with E-state index in [2.05, 4.69) is 6.92 Å². The predicted molar refractivity (Wildman–Crippen MR) is 96.7 cm³/mol. The van der Waals surface area contributed by atoms with Crippen molar-refractivity contribution in [2.24, 2.45) is 5.92 Å². The molecule has 2 aromatic rings.